The standard InChI is InChI=1S/C11H19N3O/c1-3-6-12-8(2)11-14-13-10(15-11)7-9-4-5-9/h8-9,12H,3-7H2,1-2H3. The number of hydrogen-bond acceptors (Lipinski definition) is 4. The first-order chi connectivity index (χ1) is 7.29. The Morgan fingerprint density at radius 1 is 1.47 bits per heavy atom. The van der Waals surface area contributed by atoms with Crippen LogP contribution in [0.15, 0.2) is 4.42 Å². The van der Waals surface area contributed by atoms with E-state index in [-0.39, 0.29) is 6.04 Å². The van der Waals surface area contributed by atoms with Gasteiger partial charge in [0.25, 0.3) is 0 Å². The molecule has 4 nitrogen and oxygen atoms in total. The summed E-state index contributed by atoms with van der Waals surface area (Å²) in [5.41, 5.74) is 0. The zero-order valence-electron chi connectivity index (χ0n) is 9.49. The van der Waals surface area contributed by atoms with Crippen LogP contribution in [0.3, 0.4) is 0 Å². The minimum atomic E-state index is 0.172. The van der Waals surface area contributed by atoms with Gasteiger partial charge in [-0.15, -0.1) is 10.2 Å². The van der Waals surface area contributed by atoms with E-state index in [0.29, 0.717) is 0 Å². The molecular weight excluding hydrogens is 190 g/mol. The lowest BCUT2D eigenvalue weighted by atomic mass is 10.3. The molecule has 0 spiro atoms. The van der Waals surface area contributed by atoms with Crippen LogP contribution in [0.2, 0.25) is 0 Å². The van der Waals surface area contributed by atoms with Crippen molar-refractivity contribution in [2.24, 2.45) is 5.92 Å². The number of aromatic nitrogens is 2. The maximum Gasteiger partial charge on any atom is 0.233 e. The average molecular weight is 209 g/mol. The third kappa shape index (κ3) is 3.02. The van der Waals surface area contributed by atoms with E-state index >= 15 is 0 Å². The minimum absolute atomic E-state index is 0.172. The molecule has 1 aliphatic rings. The number of hydrogen-bond donors (Lipinski definition) is 1. The van der Waals surface area contributed by atoms with Crippen molar-refractivity contribution in [1.29, 1.82) is 0 Å². The molecule has 1 unspecified atom stereocenters. The van der Waals surface area contributed by atoms with E-state index < -0.39 is 0 Å². The van der Waals surface area contributed by atoms with E-state index in [2.05, 4.69) is 29.4 Å². The summed E-state index contributed by atoms with van der Waals surface area (Å²) in [6, 6.07) is 0.172. The van der Waals surface area contributed by atoms with Crippen LogP contribution in [0.5, 0.6) is 0 Å². The molecule has 1 heterocycles. The summed E-state index contributed by atoms with van der Waals surface area (Å²) in [7, 11) is 0. The molecular formula is C11H19N3O. The van der Waals surface area contributed by atoms with Crippen molar-refractivity contribution in [3.05, 3.63) is 11.8 Å². The van der Waals surface area contributed by atoms with Crippen LogP contribution in [-0.2, 0) is 6.42 Å². The second-order valence-corrected chi connectivity index (χ2v) is 4.36. The van der Waals surface area contributed by atoms with Crippen LogP contribution in [0, 0.1) is 5.92 Å². The lowest BCUT2D eigenvalue weighted by molar-refractivity contribution is 0.389. The molecule has 1 saturated carbocycles. The Hall–Kier alpha value is -0.900. The van der Waals surface area contributed by atoms with E-state index in [4.69, 9.17) is 4.42 Å². The molecule has 1 fully saturated rings. The Balaban J connectivity index is 1.86. The Bertz CT molecular complexity index is 307. The van der Waals surface area contributed by atoms with Gasteiger partial charge in [-0.05, 0) is 38.6 Å². The van der Waals surface area contributed by atoms with E-state index in [1.165, 1.54) is 12.8 Å². The lowest BCUT2D eigenvalue weighted by Gasteiger charge is -2.07. The summed E-state index contributed by atoms with van der Waals surface area (Å²) in [4.78, 5) is 0. The molecule has 4 heteroatoms. The summed E-state index contributed by atoms with van der Waals surface area (Å²) in [5.74, 6) is 2.33. The van der Waals surface area contributed by atoms with E-state index in [1.807, 2.05) is 0 Å². The third-order valence-electron chi connectivity index (χ3n) is 2.71. The van der Waals surface area contributed by atoms with E-state index in [1.54, 1.807) is 0 Å². The zero-order chi connectivity index (χ0) is 10.7. The summed E-state index contributed by atoms with van der Waals surface area (Å²) >= 11 is 0. The molecule has 1 aliphatic carbocycles. The predicted octanol–water partition coefficient (Wildman–Crippen LogP) is 2.08. The van der Waals surface area contributed by atoms with Gasteiger partial charge in [0.1, 0.15) is 0 Å². The zero-order valence-corrected chi connectivity index (χ0v) is 9.49. The van der Waals surface area contributed by atoms with Gasteiger partial charge in [0.05, 0.1) is 6.04 Å². The SMILES string of the molecule is CCCNC(C)c1nnc(CC2CC2)o1. The maximum atomic E-state index is 5.61. The summed E-state index contributed by atoms with van der Waals surface area (Å²) in [6.07, 6.45) is 4.73. The van der Waals surface area contributed by atoms with Gasteiger partial charge in [0.2, 0.25) is 11.8 Å². The highest BCUT2D eigenvalue weighted by Crippen LogP contribution is 2.32. The van der Waals surface area contributed by atoms with Gasteiger partial charge in [-0.3, -0.25) is 0 Å². The monoisotopic (exact) mass is 209 g/mol. The third-order valence-corrected chi connectivity index (χ3v) is 2.71. The molecule has 15 heavy (non-hydrogen) atoms. The molecule has 0 aromatic carbocycles. The molecule has 84 valence electrons. The molecule has 0 aliphatic heterocycles. The molecule has 2 rings (SSSR count). The van der Waals surface area contributed by atoms with Crippen molar-refractivity contribution in [3.63, 3.8) is 0 Å². The largest absolute Gasteiger partial charge is 0.424 e. The van der Waals surface area contributed by atoms with Crippen molar-refractivity contribution in [2.45, 2.75) is 45.6 Å². The Labute approximate surface area is 90.5 Å². The van der Waals surface area contributed by atoms with Crippen molar-refractivity contribution in [1.82, 2.24) is 15.5 Å². The average Bonchev–Trinajstić information content (AvgIpc) is 2.91. The summed E-state index contributed by atoms with van der Waals surface area (Å²) in [6.45, 7) is 5.19. The van der Waals surface area contributed by atoms with Gasteiger partial charge in [0.15, 0.2) is 0 Å². The Kier molecular flexibility index (Phi) is 3.36. The first-order valence-electron chi connectivity index (χ1n) is 5.85. The van der Waals surface area contributed by atoms with Gasteiger partial charge in [-0.2, -0.15) is 0 Å². The van der Waals surface area contributed by atoms with Crippen LogP contribution in [0.1, 0.15) is 50.9 Å². The molecule has 0 amide bonds. The van der Waals surface area contributed by atoms with Crippen molar-refractivity contribution in [2.75, 3.05) is 6.54 Å². The Morgan fingerprint density at radius 2 is 2.27 bits per heavy atom. The number of rotatable bonds is 6. The minimum Gasteiger partial charge on any atom is -0.424 e. The normalized spacial score (nSPS) is 18.0. The first kappa shape index (κ1) is 10.6. The topological polar surface area (TPSA) is 51.0 Å². The van der Waals surface area contributed by atoms with E-state index in [0.717, 1.165) is 37.1 Å². The van der Waals surface area contributed by atoms with Gasteiger partial charge in [0, 0.05) is 6.42 Å². The smallest absolute Gasteiger partial charge is 0.233 e. The van der Waals surface area contributed by atoms with E-state index in [9.17, 15) is 0 Å². The fourth-order valence-corrected chi connectivity index (χ4v) is 1.54. The first-order valence-corrected chi connectivity index (χ1v) is 5.85. The van der Waals surface area contributed by atoms with Gasteiger partial charge < -0.3 is 9.73 Å². The van der Waals surface area contributed by atoms with Gasteiger partial charge >= 0.3 is 0 Å². The van der Waals surface area contributed by atoms with Crippen LogP contribution in [-0.4, -0.2) is 16.7 Å². The fraction of sp³-hybridized carbons (Fsp3) is 0.818. The van der Waals surface area contributed by atoms with Gasteiger partial charge in [-0.25, -0.2) is 0 Å². The molecule has 1 N–H and O–H groups in total. The van der Waals surface area contributed by atoms with Crippen LogP contribution >= 0.6 is 0 Å². The number of nitrogens with zero attached hydrogens (tertiary/aromatic N) is 2. The molecule has 0 radical (unpaired) electrons. The Morgan fingerprint density at radius 3 is 2.93 bits per heavy atom. The molecule has 1 aromatic rings. The number of nitrogens with one attached hydrogen (secondary N) is 1. The molecule has 1 atom stereocenters. The highest BCUT2D eigenvalue weighted by Gasteiger charge is 2.24. The van der Waals surface area contributed by atoms with Crippen molar-refractivity contribution in [3.8, 4) is 0 Å². The van der Waals surface area contributed by atoms with Crippen molar-refractivity contribution >= 4 is 0 Å². The highest BCUT2D eigenvalue weighted by molar-refractivity contribution is 4.91. The molecule has 0 bridgehead atoms. The summed E-state index contributed by atoms with van der Waals surface area (Å²) in [5, 5.41) is 11.5. The quantitative estimate of drug-likeness (QED) is 0.779. The highest BCUT2D eigenvalue weighted by atomic mass is 16.4. The maximum absolute atomic E-state index is 5.61. The lowest BCUT2D eigenvalue weighted by Crippen LogP contribution is -2.19. The van der Waals surface area contributed by atoms with Crippen LogP contribution < -0.4 is 5.32 Å². The molecule has 0 saturated heterocycles. The van der Waals surface area contributed by atoms with Crippen LogP contribution in [0.4, 0.5) is 0 Å². The second kappa shape index (κ2) is 4.75. The van der Waals surface area contributed by atoms with Crippen molar-refractivity contribution < 1.29 is 4.42 Å². The van der Waals surface area contributed by atoms with Crippen LogP contribution in [0.25, 0.3) is 0 Å². The fourth-order valence-electron chi connectivity index (χ4n) is 1.54. The predicted molar refractivity (Wildman–Crippen MR) is 57.4 cm³/mol. The molecule has 1 aromatic heterocycles. The van der Waals surface area contributed by atoms with Gasteiger partial charge in [-0.1, -0.05) is 6.92 Å². The second-order valence-electron chi connectivity index (χ2n) is 4.36. The summed E-state index contributed by atoms with van der Waals surface area (Å²) < 4.78 is 5.61.